The highest BCUT2D eigenvalue weighted by Gasteiger charge is 2.09. The Bertz CT molecular complexity index is 407. The van der Waals surface area contributed by atoms with Crippen LogP contribution in [0.25, 0.3) is 0 Å². The minimum atomic E-state index is 0.845. The van der Waals surface area contributed by atoms with Gasteiger partial charge in [0, 0.05) is 45.7 Å². The van der Waals surface area contributed by atoms with Crippen LogP contribution in [0.2, 0.25) is 0 Å². The maximum atomic E-state index is 5.35. The maximum Gasteiger partial charge on any atom is 0.133 e. The molecular weight excluding hydrogens is 254 g/mol. The number of aryl methyl sites for hydroxylation is 1. The zero-order valence-electron chi connectivity index (χ0n) is 12.5. The highest BCUT2D eigenvalue weighted by Crippen LogP contribution is 2.11. The van der Waals surface area contributed by atoms with Crippen molar-refractivity contribution in [2.45, 2.75) is 19.8 Å². The Morgan fingerprint density at radius 1 is 1.25 bits per heavy atom. The summed E-state index contributed by atoms with van der Waals surface area (Å²) in [5, 5.41) is 6.48. The third-order valence-electron chi connectivity index (χ3n) is 3.34. The SMILES string of the molecule is CCCc1nc(NC)cc(NCCN2CCOCC2)n1. The third kappa shape index (κ3) is 4.61. The normalized spacial score (nSPS) is 16.1. The number of hydrogen-bond donors (Lipinski definition) is 2. The van der Waals surface area contributed by atoms with Crippen molar-refractivity contribution in [2.75, 3.05) is 57.1 Å². The molecule has 2 rings (SSSR count). The highest BCUT2D eigenvalue weighted by molar-refractivity contribution is 5.47. The van der Waals surface area contributed by atoms with E-state index in [-0.39, 0.29) is 0 Å². The summed E-state index contributed by atoms with van der Waals surface area (Å²) in [7, 11) is 1.88. The molecule has 0 amide bonds. The summed E-state index contributed by atoms with van der Waals surface area (Å²) in [6, 6.07) is 1.96. The number of morpholine rings is 1. The van der Waals surface area contributed by atoms with Crippen molar-refractivity contribution in [3.8, 4) is 0 Å². The molecule has 1 fully saturated rings. The number of aromatic nitrogens is 2. The minimum absolute atomic E-state index is 0.845. The first-order chi connectivity index (χ1) is 9.81. The third-order valence-corrected chi connectivity index (χ3v) is 3.34. The van der Waals surface area contributed by atoms with Crippen LogP contribution >= 0.6 is 0 Å². The molecule has 20 heavy (non-hydrogen) atoms. The summed E-state index contributed by atoms with van der Waals surface area (Å²) in [4.78, 5) is 11.4. The number of hydrogen-bond acceptors (Lipinski definition) is 6. The Morgan fingerprint density at radius 3 is 2.70 bits per heavy atom. The fourth-order valence-electron chi connectivity index (χ4n) is 2.22. The summed E-state index contributed by atoms with van der Waals surface area (Å²) in [5.41, 5.74) is 0. The lowest BCUT2D eigenvalue weighted by molar-refractivity contribution is 0.0398. The number of ether oxygens (including phenoxy) is 1. The molecule has 112 valence electrons. The summed E-state index contributed by atoms with van der Waals surface area (Å²) in [6.07, 6.45) is 1.97. The first-order valence-corrected chi connectivity index (χ1v) is 7.41. The molecule has 0 bridgehead atoms. The van der Waals surface area contributed by atoms with Crippen LogP contribution in [-0.4, -0.2) is 61.3 Å². The molecular formula is C14H25N5O. The van der Waals surface area contributed by atoms with Crippen LogP contribution in [0.5, 0.6) is 0 Å². The number of nitrogens with zero attached hydrogens (tertiary/aromatic N) is 3. The first-order valence-electron chi connectivity index (χ1n) is 7.41. The van der Waals surface area contributed by atoms with Crippen molar-refractivity contribution in [1.82, 2.24) is 14.9 Å². The Balaban J connectivity index is 1.85. The second-order valence-electron chi connectivity index (χ2n) is 4.94. The van der Waals surface area contributed by atoms with Gasteiger partial charge in [-0.05, 0) is 6.42 Å². The van der Waals surface area contributed by atoms with Gasteiger partial charge in [0.05, 0.1) is 13.2 Å². The van der Waals surface area contributed by atoms with Gasteiger partial charge in [-0.25, -0.2) is 9.97 Å². The smallest absolute Gasteiger partial charge is 0.133 e. The van der Waals surface area contributed by atoms with Gasteiger partial charge in [-0.3, -0.25) is 4.90 Å². The Morgan fingerprint density at radius 2 is 2.00 bits per heavy atom. The van der Waals surface area contributed by atoms with Crippen molar-refractivity contribution in [3.63, 3.8) is 0 Å². The molecule has 1 aromatic heterocycles. The minimum Gasteiger partial charge on any atom is -0.379 e. The van der Waals surface area contributed by atoms with E-state index in [1.54, 1.807) is 0 Å². The summed E-state index contributed by atoms with van der Waals surface area (Å²) in [5.74, 6) is 2.67. The van der Waals surface area contributed by atoms with Gasteiger partial charge in [0.1, 0.15) is 17.5 Å². The predicted molar refractivity (Wildman–Crippen MR) is 81.3 cm³/mol. The molecule has 0 aromatic carbocycles. The number of rotatable bonds is 7. The van der Waals surface area contributed by atoms with E-state index in [2.05, 4.69) is 32.4 Å². The molecule has 0 spiro atoms. The van der Waals surface area contributed by atoms with Crippen LogP contribution < -0.4 is 10.6 Å². The lowest BCUT2D eigenvalue weighted by Crippen LogP contribution is -2.39. The van der Waals surface area contributed by atoms with Crippen molar-refractivity contribution in [1.29, 1.82) is 0 Å². The summed E-state index contributed by atoms with van der Waals surface area (Å²) in [6.45, 7) is 7.79. The Hall–Kier alpha value is -1.40. The van der Waals surface area contributed by atoms with E-state index in [9.17, 15) is 0 Å². The average Bonchev–Trinajstić information content (AvgIpc) is 2.48. The molecule has 6 nitrogen and oxygen atoms in total. The second kappa shape index (κ2) is 8.01. The zero-order chi connectivity index (χ0) is 14.2. The molecule has 1 aromatic rings. The van der Waals surface area contributed by atoms with E-state index in [0.29, 0.717) is 0 Å². The van der Waals surface area contributed by atoms with E-state index in [0.717, 1.165) is 69.7 Å². The predicted octanol–water partition coefficient (Wildman–Crippen LogP) is 1.21. The summed E-state index contributed by atoms with van der Waals surface area (Å²) < 4.78 is 5.35. The van der Waals surface area contributed by atoms with Crippen LogP contribution in [-0.2, 0) is 11.2 Å². The monoisotopic (exact) mass is 279 g/mol. The quantitative estimate of drug-likeness (QED) is 0.782. The highest BCUT2D eigenvalue weighted by atomic mass is 16.5. The van der Waals surface area contributed by atoms with Crippen LogP contribution in [0, 0.1) is 0 Å². The molecule has 1 aliphatic rings. The van der Waals surface area contributed by atoms with Gasteiger partial charge in [0.25, 0.3) is 0 Å². The van der Waals surface area contributed by atoms with Crippen LogP contribution in [0.15, 0.2) is 6.07 Å². The second-order valence-corrected chi connectivity index (χ2v) is 4.94. The van der Waals surface area contributed by atoms with Gasteiger partial charge in [0.2, 0.25) is 0 Å². The van der Waals surface area contributed by atoms with Crippen molar-refractivity contribution in [2.24, 2.45) is 0 Å². The van der Waals surface area contributed by atoms with E-state index in [1.165, 1.54) is 0 Å². The standard InChI is InChI=1S/C14H25N5O/c1-3-4-12-17-13(15-2)11-14(18-12)16-5-6-19-7-9-20-10-8-19/h11H,3-10H2,1-2H3,(H2,15,16,17,18). The van der Waals surface area contributed by atoms with Gasteiger partial charge < -0.3 is 15.4 Å². The van der Waals surface area contributed by atoms with Crippen molar-refractivity contribution < 1.29 is 4.74 Å². The van der Waals surface area contributed by atoms with Gasteiger partial charge in [0.15, 0.2) is 0 Å². The van der Waals surface area contributed by atoms with Crippen molar-refractivity contribution >= 4 is 11.6 Å². The molecule has 6 heteroatoms. The maximum absolute atomic E-state index is 5.35. The number of anilines is 2. The molecule has 2 N–H and O–H groups in total. The topological polar surface area (TPSA) is 62.3 Å². The van der Waals surface area contributed by atoms with Crippen molar-refractivity contribution in [3.05, 3.63) is 11.9 Å². The van der Waals surface area contributed by atoms with E-state index in [4.69, 9.17) is 4.74 Å². The molecule has 0 radical (unpaired) electrons. The fourth-order valence-corrected chi connectivity index (χ4v) is 2.22. The lowest BCUT2D eigenvalue weighted by atomic mass is 10.3. The molecule has 2 heterocycles. The lowest BCUT2D eigenvalue weighted by Gasteiger charge is -2.26. The molecule has 0 aliphatic carbocycles. The number of nitrogens with one attached hydrogen (secondary N) is 2. The van der Waals surface area contributed by atoms with Gasteiger partial charge >= 0.3 is 0 Å². The van der Waals surface area contributed by atoms with Crippen LogP contribution in [0.1, 0.15) is 19.2 Å². The van der Waals surface area contributed by atoms with E-state index in [1.807, 2.05) is 13.1 Å². The van der Waals surface area contributed by atoms with Gasteiger partial charge in [-0.15, -0.1) is 0 Å². The van der Waals surface area contributed by atoms with Gasteiger partial charge in [-0.1, -0.05) is 6.92 Å². The van der Waals surface area contributed by atoms with E-state index < -0.39 is 0 Å². The van der Waals surface area contributed by atoms with E-state index >= 15 is 0 Å². The Labute approximate surface area is 120 Å². The van der Waals surface area contributed by atoms with Gasteiger partial charge in [-0.2, -0.15) is 0 Å². The molecule has 0 unspecified atom stereocenters. The first kappa shape index (κ1) is 15.0. The molecule has 1 saturated heterocycles. The summed E-state index contributed by atoms with van der Waals surface area (Å²) >= 11 is 0. The largest absolute Gasteiger partial charge is 0.379 e. The Kier molecular flexibility index (Phi) is 6.01. The average molecular weight is 279 g/mol. The fraction of sp³-hybridized carbons (Fsp3) is 0.714. The van der Waals surface area contributed by atoms with Crippen LogP contribution in [0.4, 0.5) is 11.6 Å². The zero-order valence-corrected chi connectivity index (χ0v) is 12.5. The molecule has 0 saturated carbocycles. The molecule has 0 atom stereocenters. The van der Waals surface area contributed by atoms with Crippen LogP contribution in [0.3, 0.4) is 0 Å². The molecule has 1 aliphatic heterocycles.